The van der Waals surface area contributed by atoms with Gasteiger partial charge in [-0.05, 0) is 56.9 Å². The first kappa shape index (κ1) is 24.5. The molecule has 0 unspecified atom stereocenters. The first-order valence-electron chi connectivity index (χ1n) is 12.0. The standard InChI is InChI=1S/C25H28F3N5O3/c1-15-2-3-17(11-29-15)24(35)8-6-19(7-9-24)33-13-18(14-33)31-22(34)12-30-23-20-10-16(25(26,27)28)4-5-21(20)36-32-23/h2-5,10-11,18-19,35H,6-9,12-14H2,1H3,(H,30,32)(H,31,34). The number of aromatic nitrogens is 2. The van der Waals surface area contributed by atoms with Crippen molar-refractivity contribution in [3.8, 4) is 0 Å². The molecule has 1 amide bonds. The third-order valence-corrected chi connectivity index (χ3v) is 7.24. The van der Waals surface area contributed by atoms with Crippen LogP contribution in [0.4, 0.5) is 19.0 Å². The maximum Gasteiger partial charge on any atom is 0.416 e. The molecule has 1 saturated carbocycles. The number of halogens is 3. The van der Waals surface area contributed by atoms with Crippen LogP contribution in [-0.4, -0.2) is 57.8 Å². The maximum absolute atomic E-state index is 13.0. The lowest BCUT2D eigenvalue weighted by Crippen LogP contribution is -2.63. The lowest BCUT2D eigenvalue weighted by atomic mass is 9.77. The van der Waals surface area contributed by atoms with Crippen molar-refractivity contribution >= 4 is 22.7 Å². The van der Waals surface area contributed by atoms with Crippen LogP contribution < -0.4 is 10.6 Å². The molecule has 2 fully saturated rings. The molecule has 3 N–H and O–H groups in total. The van der Waals surface area contributed by atoms with Crippen LogP contribution >= 0.6 is 0 Å². The number of carbonyl (C=O) groups is 1. The Morgan fingerprint density at radius 2 is 1.97 bits per heavy atom. The highest BCUT2D eigenvalue weighted by Gasteiger charge is 2.40. The Hall–Kier alpha value is -3.18. The summed E-state index contributed by atoms with van der Waals surface area (Å²) in [5, 5.41) is 20.7. The van der Waals surface area contributed by atoms with E-state index in [1.807, 2.05) is 19.1 Å². The number of carbonyl (C=O) groups excluding carboxylic acids is 1. The quantitative estimate of drug-likeness (QED) is 0.472. The van der Waals surface area contributed by atoms with Gasteiger partial charge in [-0.15, -0.1) is 0 Å². The van der Waals surface area contributed by atoms with Gasteiger partial charge in [-0.1, -0.05) is 11.2 Å². The van der Waals surface area contributed by atoms with Crippen molar-refractivity contribution in [3.05, 3.63) is 53.3 Å². The number of benzene rings is 1. The highest BCUT2D eigenvalue weighted by atomic mass is 19.4. The predicted octanol–water partition coefficient (Wildman–Crippen LogP) is 3.59. The molecule has 192 valence electrons. The largest absolute Gasteiger partial charge is 0.416 e. The van der Waals surface area contributed by atoms with E-state index in [0.717, 1.165) is 49.3 Å². The molecule has 1 aromatic carbocycles. The van der Waals surface area contributed by atoms with E-state index in [1.165, 1.54) is 6.07 Å². The van der Waals surface area contributed by atoms with Crippen LogP contribution in [0.1, 0.15) is 42.5 Å². The molecule has 36 heavy (non-hydrogen) atoms. The lowest BCUT2D eigenvalue weighted by molar-refractivity contribution is -0.137. The molecule has 0 radical (unpaired) electrons. The molecule has 0 bridgehead atoms. The van der Waals surface area contributed by atoms with E-state index < -0.39 is 17.3 Å². The van der Waals surface area contributed by atoms with Gasteiger partial charge in [0.05, 0.1) is 29.1 Å². The van der Waals surface area contributed by atoms with Gasteiger partial charge in [0.2, 0.25) is 5.91 Å². The Labute approximate surface area is 205 Å². The number of alkyl halides is 3. The molecule has 11 heteroatoms. The minimum atomic E-state index is -4.48. The molecule has 1 aliphatic heterocycles. The molecule has 2 aromatic heterocycles. The second-order valence-electron chi connectivity index (χ2n) is 9.76. The topological polar surface area (TPSA) is 104 Å². The molecular formula is C25H28F3N5O3. The molecule has 5 rings (SSSR count). The summed E-state index contributed by atoms with van der Waals surface area (Å²) >= 11 is 0. The van der Waals surface area contributed by atoms with E-state index in [-0.39, 0.29) is 35.3 Å². The fraction of sp³-hybridized carbons (Fsp3) is 0.480. The SMILES string of the molecule is Cc1ccc(C2(O)CCC(N3CC(NC(=O)CNc4noc5ccc(C(F)(F)F)cc45)C3)CC2)cn1. The number of hydrogen-bond donors (Lipinski definition) is 3. The number of aliphatic hydroxyl groups is 1. The van der Waals surface area contributed by atoms with Crippen LogP contribution in [0.15, 0.2) is 41.1 Å². The molecule has 2 aliphatic rings. The number of nitrogens with zero attached hydrogens (tertiary/aromatic N) is 3. The van der Waals surface area contributed by atoms with Crippen LogP contribution in [0.25, 0.3) is 11.0 Å². The highest BCUT2D eigenvalue weighted by Crippen LogP contribution is 2.39. The average Bonchev–Trinajstić information content (AvgIpc) is 3.23. The number of pyridine rings is 1. The number of rotatable bonds is 6. The zero-order valence-corrected chi connectivity index (χ0v) is 19.8. The lowest BCUT2D eigenvalue weighted by Gasteiger charge is -2.48. The summed E-state index contributed by atoms with van der Waals surface area (Å²) in [6.45, 7) is 3.24. The summed E-state index contributed by atoms with van der Waals surface area (Å²) in [4.78, 5) is 19.0. The van der Waals surface area contributed by atoms with Crippen LogP contribution in [0.2, 0.25) is 0 Å². The summed E-state index contributed by atoms with van der Waals surface area (Å²) in [6.07, 6.45) is 0.349. The highest BCUT2D eigenvalue weighted by molar-refractivity contribution is 5.90. The van der Waals surface area contributed by atoms with Gasteiger partial charge in [-0.2, -0.15) is 13.2 Å². The van der Waals surface area contributed by atoms with Gasteiger partial charge in [0, 0.05) is 36.6 Å². The van der Waals surface area contributed by atoms with E-state index >= 15 is 0 Å². The number of aryl methyl sites for hydroxylation is 1. The van der Waals surface area contributed by atoms with Crippen molar-refractivity contribution in [2.45, 2.75) is 56.5 Å². The Morgan fingerprint density at radius 3 is 2.64 bits per heavy atom. The van der Waals surface area contributed by atoms with Crippen molar-refractivity contribution in [2.75, 3.05) is 25.0 Å². The first-order chi connectivity index (χ1) is 17.1. The molecule has 3 aromatic rings. The summed E-state index contributed by atoms with van der Waals surface area (Å²) in [7, 11) is 0. The number of anilines is 1. The Balaban J connectivity index is 1.07. The second-order valence-corrected chi connectivity index (χ2v) is 9.76. The zero-order chi connectivity index (χ0) is 25.5. The van der Waals surface area contributed by atoms with E-state index in [1.54, 1.807) is 6.20 Å². The fourth-order valence-corrected chi connectivity index (χ4v) is 5.06. The normalized spacial score (nSPS) is 23.4. The molecule has 0 atom stereocenters. The van der Waals surface area contributed by atoms with Crippen molar-refractivity contribution in [2.24, 2.45) is 0 Å². The molecule has 0 spiro atoms. The van der Waals surface area contributed by atoms with Gasteiger partial charge >= 0.3 is 6.18 Å². The van der Waals surface area contributed by atoms with Crippen LogP contribution in [0, 0.1) is 6.92 Å². The summed E-state index contributed by atoms with van der Waals surface area (Å²) in [6, 6.07) is 7.33. The Kier molecular flexibility index (Phi) is 6.37. The number of fused-ring (bicyclic) bond motifs is 1. The number of likely N-dealkylation sites (tertiary alicyclic amines) is 1. The zero-order valence-electron chi connectivity index (χ0n) is 19.8. The van der Waals surface area contributed by atoms with Crippen molar-refractivity contribution in [1.29, 1.82) is 0 Å². The van der Waals surface area contributed by atoms with E-state index in [2.05, 4.69) is 25.7 Å². The third kappa shape index (κ3) is 5.03. The fourth-order valence-electron chi connectivity index (χ4n) is 5.06. The summed E-state index contributed by atoms with van der Waals surface area (Å²) in [5.74, 6) is -0.173. The third-order valence-electron chi connectivity index (χ3n) is 7.24. The molecule has 1 aliphatic carbocycles. The Morgan fingerprint density at radius 1 is 1.22 bits per heavy atom. The van der Waals surface area contributed by atoms with Crippen molar-refractivity contribution in [1.82, 2.24) is 20.4 Å². The summed E-state index contributed by atoms with van der Waals surface area (Å²) < 4.78 is 44.0. The van der Waals surface area contributed by atoms with Gasteiger partial charge < -0.3 is 20.3 Å². The number of hydrogen-bond acceptors (Lipinski definition) is 7. The maximum atomic E-state index is 13.0. The smallest absolute Gasteiger partial charge is 0.385 e. The van der Waals surface area contributed by atoms with E-state index in [9.17, 15) is 23.1 Å². The Bertz CT molecular complexity index is 1230. The van der Waals surface area contributed by atoms with Crippen LogP contribution in [0.5, 0.6) is 0 Å². The van der Waals surface area contributed by atoms with Crippen molar-refractivity contribution < 1.29 is 27.6 Å². The van der Waals surface area contributed by atoms with Gasteiger partial charge in [0.1, 0.15) is 0 Å². The molecule has 3 heterocycles. The van der Waals surface area contributed by atoms with Crippen molar-refractivity contribution in [3.63, 3.8) is 0 Å². The van der Waals surface area contributed by atoms with Crippen LogP contribution in [0.3, 0.4) is 0 Å². The predicted molar refractivity (Wildman–Crippen MR) is 126 cm³/mol. The van der Waals surface area contributed by atoms with Gasteiger partial charge in [-0.3, -0.25) is 14.7 Å². The minimum absolute atomic E-state index is 0.00675. The first-order valence-corrected chi connectivity index (χ1v) is 12.0. The van der Waals surface area contributed by atoms with Gasteiger partial charge in [0.15, 0.2) is 11.4 Å². The van der Waals surface area contributed by atoms with E-state index in [4.69, 9.17) is 4.52 Å². The monoisotopic (exact) mass is 503 g/mol. The molecule has 1 saturated heterocycles. The van der Waals surface area contributed by atoms with Gasteiger partial charge in [0.25, 0.3) is 0 Å². The minimum Gasteiger partial charge on any atom is -0.385 e. The molecule has 8 nitrogen and oxygen atoms in total. The van der Waals surface area contributed by atoms with E-state index in [0.29, 0.717) is 18.9 Å². The second kappa shape index (κ2) is 9.36. The molecular weight excluding hydrogens is 475 g/mol. The average molecular weight is 504 g/mol. The van der Waals surface area contributed by atoms with Crippen LogP contribution in [-0.2, 0) is 16.6 Å². The summed E-state index contributed by atoms with van der Waals surface area (Å²) in [5.41, 5.74) is 0.343. The number of nitrogens with one attached hydrogen (secondary N) is 2. The number of amides is 1. The van der Waals surface area contributed by atoms with Gasteiger partial charge in [-0.25, -0.2) is 0 Å².